The number of hydrogen-bond acceptors (Lipinski definition) is 9. The number of phenols is 1. The molecule has 10 nitrogen and oxygen atoms in total. The summed E-state index contributed by atoms with van der Waals surface area (Å²) in [6, 6.07) is 3.43. The lowest BCUT2D eigenvalue weighted by molar-refractivity contribution is -0.175. The fraction of sp³-hybridized carbons (Fsp3) is 0.542. The molecule has 1 spiro atoms. The fourth-order valence-electron chi connectivity index (χ4n) is 6.28. The average molecular weight is 474 g/mol. The molecule has 34 heavy (non-hydrogen) atoms. The Morgan fingerprint density at radius 1 is 1.26 bits per heavy atom. The Morgan fingerprint density at radius 2 is 2.03 bits per heavy atom. The van der Waals surface area contributed by atoms with Crippen molar-refractivity contribution in [2.75, 3.05) is 0 Å². The zero-order valence-electron chi connectivity index (χ0n) is 18.5. The molecule has 4 N–H and O–H groups in total. The van der Waals surface area contributed by atoms with E-state index < -0.39 is 53.7 Å². The number of esters is 2. The van der Waals surface area contributed by atoms with E-state index in [0.717, 1.165) is 24.0 Å². The number of carboxylic acid groups (broad SMARTS) is 1. The molecule has 0 saturated heterocycles. The molecule has 1 aromatic rings. The zero-order valence-corrected chi connectivity index (χ0v) is 18.5. The van der Waals surface area contributed by atoms with Gasteiger partial charge in [0.15, 0.2) is 29.8 Å². The first kappa shape index (κ1) is 22.7. The standard InChI is InChI=1S/C24H26O10/c1-11(32-22(30)15(26)10-17(27)28)21(29)33-16-6-8-24(31)13-3-2-7-23(24)18-12(9-13)4-5-14(25)19(18)34-20(16)23/h4-6,11,13,15,20,25-26,31H,2-3,7-10H2,1H3,(H,27,28)/t11-,13+,15-,20-,23-,24+/m0/s1. The molecule has 3 aliphatic carbocycles. The summed E-state index contributed by atoms with van der Waals surface area (Å²) in [7, 11) is 0. The highest BCUT2D eigenvalue weighted by molar-refractivity contribution is 5.84. The summed E-state index contributed by atoms with van der Waals surface area (Å²) in [5, 5.41) is 40.7. The number of benzene rings is 1. The summed E-state index contributed by atoms with van der Waals surface area (Å²) in [4.78, 5) is 35.3. The summed E-state index contributed by atoms with van der Waals surface area (Å²) in [5.74, 6) is -3.17. The third kappa shape index (κ3) is 3.05. The molecule has 1 fully saturated rings. The first-order chi connectivity index (χ1) is 16.1. The molecule has 4 aliphatic rings. The minimum absolute atomic E-state index is 0.000513. The van der Waals surface area contributed by atoms with Crippen LogP contribution >= 0.6 is 0 Å². The Hall–Kier alpha value is -3.11. The smallest absolute Gasteiger partial charge is 0.352 e. The van der Waals surface area contributed by atoms with Gasteiger partial charge in [-0.3, -0.25) is 4.79 Å². The Labute approximate surface area is 194 Å². The van der Waals surface area contributed by atoms with Crippen LogP contribution in [-0.2, 0) is 35.7 Å². The van der Waals surface area contributed by atoms with Crippen LogP contribution in [0.25, 0.3) is 0 Å². The summed E-state index contributed by atoms with van der Waals surface area (Å²) in [6.07, 6.45) is -0.219. The second kappa shape index (κ2) is 7.71. The SMILES string of the molecule is C[C@H](OC(=O)[C@@H](O)CC(=O)O)C(=O)OC1=CC[C@@]2(O)[C@@H]3CCC[C@@]24c2c(ccc(O)c2O[C@@H]14)C3. The maximum absolute atomic E-state index is 12.7. The van der Waals surface area contributed by atoms with Gasteiger partial charge in [-0.2, -0.15) is 0 Å². The number of aliphatic hydroxyl groups excluding tert-OH is 1. The number of carbonyl (C=O) groups is 3. The number of aliphatic carboxylic acids is 1. The minimum Gasteiger partial charge on any atom is -0.504 e. The molecule has 0 radical (unpaired) electrons. The van der Waals surface area contributed by atoms with E-state index >= 15 is 0 Å². The highest BCUT2D eigenvalue weighted by Crippen LogP contribution is 2.67. The summed E-state index contributed by atoms with van der Waals surface area (Å²) in [5.41, 5.74) is -0.211. The molecular formula is C24H26O10. The number of rotatable bonds is 6. The van der Waals surface area contributed by atoms with Crippen molar-refractivity contribution in [2.45, 2.75) is 74.8 Å². The van der Waals surface area contributed by atoms with Crippen LogP contribution in [0.15, 0.2) is 24.0 Å². The van der Waals surface area contributed by atoms with Crippen molar-refractivity contribution in [1.82, 2.24) is 0 Å². The van der Waals surface area contributed by atoms with E-state index in [4.69, 9.17) is 19.3 Å². The maximum Gasteiger partial charge on any atom is 0.352 e. The number of aromatic hydroxyl groups is 1. The van der Waals surface area contributed by atoms with Gasteiger partial charge in [-0.15, -0.1) is 0 Å². The summed E-state index contributed by atoms with van der Waals surface area (Å²) < 4.78 is 16.6. The van der Waals surface area contributed by atoms with Gasteiger partial charge in [0.05, 0.1) is 17.4 Å². The minimum atomic E-state index is -1.91. The summed E-state index contributed by atoms with van der Waals surface area (Å²) in [6.45, 7) is 1.25. The molecule has 0 amide bonds. The van der Waals surface area contributed by atoms with E-state index in [1.54, 1.807) is 12.1 Å². The maximum atomic E-state index is 12.7. The van der Waals surface area contributed by atoms with Gasteiger partial charge in [0.1, 0.15) is 5.76 Å². The Balaban J connectivity index is 1.41. The van der Waals surface area contributed by atoms with Crippen LogP contribution in [0.2, 0.25) is 0 Å². The fourth-order valence-corrected chi connectivity index (χ4v) is 6.28. The molecule has 0 aromatic heterocycles. The normalized spacial score (nSPS) is 31.9. The van der Waals surface area contributed by atoms with Crippen molar-refractivity contribution in [3.8, 4) is 11.5 Å². The quantitative estimate of drug-likeness (QED) is 0.439. The van der Waals surface area contributed by atoms with E-state index in [9.17, 15) is 29.7 Å². The van der Waals surface area contributed by atoms with Crippen LogP contribution in [0.1, 0.15) is 50.2 Å². The number of carboxylic acids is 1. The lowest BCUT2D eigenvalue weighted by Gasteiger charge is -2.59. The first-order valence-corrected chi connectivity index (χ1v) is 11.3. The van der Waals surface area contributed by atoms with Gasteiger partial charge in [0.2, 0.25) is 0 Å². The predicted octanol–water partition coefficient (Wildman–Crippen LogP) is 1.08. The van der Waals surface area contributed by atoms with Crippen LogP contribution in [0, 0.1) is 5.92 Å². The predicted molar refractivity (Wildman–Crippen MR) is 113 cm³/mol. The lowest BCUT2D eigenvalue weighted by atomic mass is 9.47. The van der Waals surface area contributed by atoms with Crippen molar-refractivity contribution in [3.63, 3.8) is 0 Å². The number of ether oxygens (including phenoxy) is 3. The van der Waals surface area contributed by atoms with Crippen molar-refractivity contribution < 1.29 is 49.0 Å². The first-order valence-electron chi connectivity index (χ1n) is 11.3. The van der Waals surface area contributed by atoms with Gasteiger partial charge in [0.25, 0.3) is 0 Å². The van der Waals surface area contributed by atoms with Crippen LogP contribution in [0.5, 0.6) is 11.5 Å². The molecule has 10 heteroatoms. The van der Waals surface area contributed by atoms with E-state index in [-0.39, 0.29) is 23.8 Å². The molecule has 6 atom stereocenters. The Bertz CT molecular complexity index is 1110. The Kier molecular flexibility index (Phi) is 5.14. The summed E-state index contributed by atoms with van der Waals surface area (Å²) >= 11 is 0. The Morgan fingerprint density at radius 3 is 2.76 bits per heavy atom. The highest BCUT2D eigenvalue weighted by Gasteiger charge is 2.70. The second-order valence-electron chi connectivity index (χ2n) is 9.56. The zero-order chi connectivity index (χ0) is 24.4. The number of phenolic OH excluding ortho intramolecular Hbond substituents is 1. The van der Waals surface area contributed by atoms with Crippen molar-refractivity contribution >= 4 is 17.9 Å². The van der Waals surface area contributed by atoms with E-state index in [1.807, 2.05) is 6.07 Å². The van der Waals surface area contributed by atoms with Crippen molar-refractivity contribution in [2.24, 2.45) is 5.92 Å². The molecular weight excluding hydrogens is 448 g/mol. The van der Waals surface area contributed by atoms with Gasteiger partial charge in [0, 0.05) is 5.56 Å². The van der Waals surface area contributed by atoms with Crippen LogP contribution in [0.4, 0.5) is 0 Å². The van der Waals surface area contributed by atoms with E-state index in [0.29, 0.717) is 18.6 Å². The third-order valence-electron chi connectivity index (χ3n) is 7.75. The topological polar surface area (TPSA) is 160 Å². The van der Waals surface area contributed by atoms with Gasteiger partial charge in [-0.25, -0.2) is 9.59 Å². The molecule has 2 bridgehead atoms. The number of carbonyl (C=O) groups excluding carboxylic acids is 2. The average Bonchev–Trinajstić information content (AvgIpc) is 3.12. The van der Waals surface area contributed by atoms with Gasteiger partial charge in [-0.05, 0) is 56.2 Å². The van der Waals surface area contributed by atoms with Gasteiger partial charge < -0.3 is 34.6 Å². The van der Waals surface area contributed by atoms with Crippen LogP contribution < -0.4 is 4.74 Å². The van der Waals surface area contributed by atoms with Crippen molar-refractivity contribution in [1.29, 1.82) is 0 Å². The molecule has 1 aromatic carbocycles. The highest BCUT2D eigenvalue weighted by atomic mass is 16.6. The monoisotopic (exact) mass is 474 g/mol. The second-order valence-corrected chi connectivity index (χ2v) is 9.56. The van der Waals surface area contributed by atoms with Crippen molar-refractivity contribution in [3.05, 3.63) is 35.1 Å². The number of hydrogen-bond donors (Lipinski definition) is 4. The molecule has 0 unspecified atom stereocenters. The molecule has 1 saturated carbocycles. The molecule has 182 valence electrons. The van der Waals surface area contributed by atoms with Gasteiger partial charge in [-0.1, -0.05) is 12.5 Å². The molecule has 1 heterocycles. The molecule has 1 aliphatic heterocycles. The lowest BCUT2D eigenvalue weighted by Crippen LogP contribution is -2.67. The van der Waals surface area contributed by atoms with Crippen LogP contribution in [-0.4, -0.2) is 62.2 Å². The van der Waals surface area contributed by atoms with Gasteiger partial charge >= 0.3 is 17.9 Å². The van der Waals surface area contributed by atoms with Crippen LogP contribution in [0.3, 0.4) is 0 Å². The number of aliphatic hydroxyl groups is 2. The largest absolute Gasteiger partial charge is 0.504 e. The third-order valence-corrected chi connectivity index (χ3v) is 7.75. The molecule has 5 rings (SSSR count). The van der Waals surface area contributed by atoms with E-state index in [1.165, 1.54) is 6.92 Å². The van der Waals surface area contributed by atoms with E-state index in [2.05, 4.69) is 0 Å².